The van der Waals surface area contributed by atoms with Gasteiger partial charge in [-0.05, 0) is 55.2 Å². The fourth-order valence-electron chi connectivity index (χ4n) is 4.65. The average Bonchev–Trinajstić information content (AvgIpc) is 2.89. The Kier molecular flexibility index (Phi) is 3.04. The maximum atomic E-state index is 12.1. The fraction of sp³-hybridized carbons (Fsp3) is 0.556. The minimum Gasteiger partial charge on any atom is -0.385 e. The van der Waals surface area contributed by atoms with Gasteiger partial charge in [-0.3, -0.25) is 9.89 Å². The molecular weight excluding hydrogens is 326 g/mol. The maximum Gasteiger partial charge on any atom is 0.223 e. The normalized spacial score (nSPS) is 34.8. The lowest BCUT2D eigenvalue weighted by Gasteiger charge is -2.29. The third kappa shape index (κ3) is 2.11. The zero-order valence-corrected chi connectivity index (χ0v) is 14.0. The van der Waals surface area contributed by atoms with Gasteiger partial charge >= 0.3 is 0 Å². The Morgan fingerprint density at radius 1 is 1.33 bits per heavy atom. The van der Waals surface area contributed by atoms with Crippen LogP contribution in [0.3, 0.4) is 0 Å². The van der Waals surface area contributed by atoms with Crippen LogP contribution in [0.15, 0.2) is 18.3 Å². The van der Waals surface area contributed by atoms with Gasteiger partial charge < -0.3 is 10.4 Å². The number of hydrogen-bond donors (Lipinski definition) is 3. The molecule has 0 aliphatic heterocycles. The summed E-state index contributed by atoms with van der Waals surface area (Å²) in [5, 5.41) is 22.9. The summed E-state index contributed by atoms with van der Waals surface area (Å²) in [6.07, 6.45) is 6.32. The van der Waals surface area contributed by atoms with Gasteiger partial charge in [-0.25, -0.2) is 0 Å². The largest absolute Gasteiger partial charge is 0.385 e. The number of halogens is 1. The van der Waals surface area contributed by atoms with Gasteiger partial charge in [0.2, 0.25) is 5.91 Å². The van der Waals surface area contributed by atoms with Crippen LogP contribution < -0.4 is 5.32 Å². The Bertz CT molecular complexity index is 817. The molecule has 3 fully saturated rings. The highest BCUT2D eigenvalue weighted by Gasteiger charge is 2.62. The van der Waals surface area contributed by atoms with Crippen LogP contribution >= 0.6 is 11.6 Å². The van der Waals surface area contributed by atoms with Gasteiger partial charge in [0, 0.05) is 22.4 Å². The smallest absolute Gasteiger partial charge is 0.223 e. The number of hydrogen-bond acceptors (Lipinski definition) is 3. The Balaban J connectivity index is 1.34. The zero-order chi connectivity index (χ0) is 16.5. The first-order valence-electron chi connectivity index (χ1n) is 8.71. The Labute approximate surface area is 144 Å². The molecule has 2 unspecified atom stereocenters. The van der Waals surface area contributed by atoms with E-state index in [-0.39, 0.29) is 17.9 Å². The van der Waals surface area contributed by atoms with Crippen LogP contribution in [0.25, 0.3) is 10.9 Å². The van der Waals surface area contributed by atoms with Crippen molar-refractivity contribution in [3.63, 3.8) is 0 Å². The van der Waals surface area contributed by atoms with Crippen LogP contribution in [0.4, 0.5) is 0 Å². The second kappa shape index (κ2) is 4.96. The second-order valence-electron chi connectivity index (χ2n) is 7.71. The van der Waals surface area contributed by atoms with E-state index < -0.39 is 5.60 Å². The summed E-state index contributed by atoms with van der Waals surface area (Å²) in [6.45, 7) is 0. The lowest BCUT2D eigenvalue weighted by atomic mass is 9.84. The minimum atomic E-state index is -0.875. The van der Waals surface area contributed by atoms with Crippen LogP contribution in [0, 0.1) is 17.8 Å². The molecule has 0 bridgehead atoms. The average molecular weight is 346 g/mol. The van der Waals surface area contributed by atoms with Crippen molar-refractivity contribution >= 4 is 28.4 Å². The van der Waals surface area contributed by atoms with Crippen molar-refractivity contribution < 1.29 is 9.90 Å². The van der Waals surface area contributed by atoms with Crippen molar-refractivity contribution in [3.05, 3.63) is 28.9 Å². The summed E-state index contributed by atoms with van der Waals surface area (Å²) in [6, 6.07) is 3.93. The van der Waals surface area contributed by atoms with E-state index in [0.29, 0.717) is 29.7 Å². The highest BCUT2D eigenvalue weighted by atomic mass is 35.5. The van der Waals surface area contributed by atoms with Crippen LogP contribution in [0.2, 0.25) is 5.02 Å². The minimum absolute atomic E-state index is 0.212. The molecule has 1 amide bonds. The van der Waals surface area contributed by atoms with Crippen LogP contribution in [0.5, 0.6) is 0 Å². The number of benzene rings is 1. The van der Waals surface area contributed by atoms with Crippen LogP contribution in [-0.2, 0) is 10.4 Å². The number of nitrogens with zero attached hydrogens (tertiary/aromatic N) is 1. The van der Waals surface area contributed by atoms with Crippen molar-refractivity contribution in [3.8, 4) is 0 Å². The zero-order valence-electron chi connectivity index (χ0n) is 13.3. The number of rotatable bonds is 3. The summed E-state index contributed by atoms with van der Waals surface area (Å²) in [7, 11) is 0. The molecule has 126 valence electrons. The summed E-state index contributed by atoms with van der Waals surface area (Å²) in [4.78, 5) is 12.1. The fourth-order valence-corrected chi connectivity index (χ4v) is 4.87. The molecule has 4 atom stereocenters. The van der Waals surface area contributed by atoms with Crippen molar-refractivity contribution in [1.82, 2.24) is 15.5 Å². The molecule has 5 rings (SSSR count). The van der Waals surface area contributed by atoms with E-state index in [1.165, 1.54) is 6.42 Å². The quantitative estimate of drug-likeness (QED) is 0.800. The number of carbonyl (C=O) groups is 1. The van der Waals surface area contributed by atoms with E-state index in [4.69, 9.17) is 11.6 Å². The SMILES string of the molecule is O=C(NC1[C@H]2CC(O)(c3cc(Cl)cc4[nH]ncc34)C[C@@H]12)C1CCC1. The number of aromatic nitrogens is 2. The summed E-state index contributed by atoms with van der Waals surface area (Å²) in [5.74, 6) is 1.19. The molecule has 1 aromatic heterocycles. The molecule has 3 aliphatic carbocycles. The summed E-state index contributed by atoms with van der Waals surface area (Å²) >= 11 is 6.21. The van der Waals surface area contributed by atoms with Gasteiger partial charge in [0.15, 0.2) is 0 Å². The highest BCUT2D eigenvalue weighted by Crippen LogP contribution is 2.60. The van der Waals surface area contributed by atoms with E-state index in [0.717, 1.165) is 29.3 Å². The molecule has 3 saturated carbocycles. The molecule has 6 heteroatoms. The van der Waals surface area contributed by atoms with E-state index in [2.05, 4.69) is 15.5 Å². The number of aromatic amines is 1. The number of fused-ring (bicyclic) bond motifs is 2. The lowest BCUT2D eigenvalue weighted by Crippen LogP contribution is -2.39. The number of H-pyrrole nitrogens is 1. The van der Waals surface area contributed by atoms with Crippen LogP contribution in [-0.4, -0.2) is 27.3 Å². The Morgan fingerprint density at radius 2 is 2.08 bits per heavy atom. The monoisotopic (exact) mass is 345 g/mol. The molecule has 0 spiro atoms. The Morgan fingerprint density at radius 3 is 2.75 bits per heavy atom. The van der Waals surface area contributed by atoms with Gasteiger partial charge in [0.1, 0.15) is 0 Å². The molecule has 1 aromatic carbocycles. The molecule has 0 saturated heterocycles. The van der Waals surface area contributed by atoms with Gasteiger partial charge in [0.25, 0.3) is 0 Å². The predicted octanol–water partition coefficient (Wildman–Crippen LogP) is 2.73. The second-order valence-corrected chi connectivity index (χ2v) is 8.15. The third-order valence-electron chi connectivity index (χ3n) is 6.29. The standard InChI is InChI=1S/C18H20ClN3O2/c19-10-4-14(13-8-20-22-15(13)5-10)18(24)6-11-12(7-18)16(11)21-17(23)9-2-1-3-9/h4-5,8-9,11-12,16,24H,1-3,6-7H2,(H,20,22)(H,21,23)/t11-,12+,16?,18?. The molecule has 3 N–H and O–H groups in total. The summed E-state index contributed by atoms with van der Waals surface area (Å²) in [5.41, 5.74) is 0.830. The van der Waals surface area contributed by atoms with E-state index in [1.54, 1.807) is 6.20 Å². The molecule has 3 aliphatic rings. The topological polar surface area (TPSA) is 78.0 Å². The first-order valence-corrected chi connectivity index (χ1v) is 9.09. The first-order chi connectivity index (χ1) is 11.5. The maximum absolute atomic E-state index is 12.1. The molecular formula is C18H20ClN3O2. The molecule has 0 radical (unpaired) electrons. The lowest BCUT2D eigenvalue weighted by molar-refractivity contribution is -0.127. The van der Waals surface area contributed by atoms with Gasteiger partial charge in [0.05, 0.1) is 17.3 Å². The van der Waals surface area contributed by atoms with Crippen molar-refractivity contribution in [2.75, 3.05) is 0 Å². The van der Waals surface area contributed by atoms with E-state index in [9.17, 15) is 9.90 Å². The summed E-state index contributed by atoms with van der Waals surface area (Å²) < 4.78 is 0. The predicted molar refractivity (Wildman–Crippen MR) is 90.5 cm³/mol. The number of amides is 1. The van der Waals surface area contributed by atoms with Crippen LogP contribution in [0.1, 0.15) is 37.7 Å². The van der Waals surface area contributed by atoms with Crippen molar-refractivity contribution in [1.29, 1.82) is 0 Å². The van der Waals surface area contributed by atoms with Crippen molar-refractivity contribution in [2.45, 2.75) is 43.7 Å². The first kappa shape index (κ1) is 14.7. The number of carbonyl (C=O) groups excluding carboxylic acids is 1. The number of nitrogens with one attached hydrogen (secondary N) is 2. The third-order valence-corrected chi connectivity index (χ3v) is 6.51. The van der Waals surface area contributed by atoms with E-state index >= 15 is 0 Å². The number of aliphatic hydroxyl groups is 1. The van der Waals surface area contributed by atoms with Gasteiger partial charge in [-0.1, -0.05) is 18.0 Å². The molecule has 5 nitrogen and oxygen atoms in total. The highest BCUT2D eigenvalue weighted by molar-refractivity contribution is 6.31. The van der Waals surface area contributed by atoms with Gasteiger partial charge in [-0.15, -0.1) is 0 Å². The molecule has 1 heterocycles. The molecule has 2 aromatic rings. The van der Waals surface area contributed by atoms with Gasteiger partial charge in [-0.2, -0.15) is 5.10 Å². The molecule has 24 heavy (non-hydrogen) atoms. The van der Waals surface area contributed by atoms with Crippen molar-refractivity contribution in [2.24, 2.45) is 17.8 Å². The van der Waals surface area contributed by atoms with E-state index in [1.807, 2.05) is 12.1 Å². The Hall–Kier alpha value is -1.59.